The van der Waals surface area contributed by atoms with E-state index >= 15 is 0 Å². The SMILES string of the molecule is COc1nc(N)nc(-n2ccnc2)n1. The van der Waals surface area contributed by atoms with E-state index in [0.29, 0.717) is 5.95 Å². The largest absolute Gasteiger partial charge is 0.467 e. The van der Waals surface area contributed by atoms with E-state index in [4.69, 9.17) is 10.5 Å². The van der Waals surface area contributed by atoms with E-state index in [1.165, 1.54) is 7.11 Å². The Labute approximate surface area is 79.6 Å². The van der Waals surface area contributed by atoms with Gasteiger partial charge in [0.15, 0.2) is 0 Å². The molecule has 2 rings (SSSR count). The molecule has 7 heteroatoms. The summed E-state index contributed by atoms with van der Waals surface area (Å²) in [6, 6.07) is 0.182. The smallest absolute Gasteiger partial charge is 0.322 e. The van der Waals surface area contributed by atoms with Gasteiger partial charge in [0.05, 0.1) is 7.11 Å². The topological polar surface area (TPSA) is 91.7 Å². The number of ether oxygens (including phenoxy) is 1. The second kappa shape index (κ2) is 3.29. The van der Waals surface area contributed by atoms with Gasteiger partial charge in [-0.25, -0.2) is 4.98 Å². The average Bonchev–Trinajstić information content (AvgIpc) is 2.69. The first-order valence-corrected chi connectivity index (χ1v) is 3.83. The molecule has 7 nitrogen and oxygen atoms in total. The first kappa shape index (κ1) is 8.42. The highest BCUT2D eigenvalue weighted by Crippen LogP contribution is 2.07. The van der Waals surface area contributed by atoms with E-state index in [1.54, 1.807) is 23.3 Å². The number of nitrogens with two attached hydrogens (primary N) is 1. The van der Waals surface area contributed by atoms with Gasteiger partial charge in [0.1, 0.15) is 6.33 Å². The molecule has 2 N–H and O–H groups in total. The van der Waals surface area contributed by atoms with Crippen molar-refractivity contribution in [1.29, 1.82) is 0 Å². The van der Waals surface area contributed by atoms with Crippen LogP contribution in [0.4, 0.5) is 5.95 Å². The van der Waals surface area contributed by atoms with Crippen LogP contribution in [0.2, 0.25) is 0 Å². The highest BCUT2D eigenvalue weighted by atomic mass is 16.5. The number of nitrogens with zero attached hydrogens (tertiary/aromatic N) is 5. The van der Waals surface area contributed by atoms with Gasteiger partial charge < -0.3 is 10.5 Å². The zero-order valence-electron chi connectivity index (χ0n) is 7.45. The molecule has 0 bridgehead atoms. The number of rotatable bonds is 2. The molecule has 0 saturated carbocycles. The fourth-order valence-corrected chi connectivity index (χ4v) is 0.945. The van der Waals surface area contributed by atoms with Crippen molar-refractivity contribution in [2.45, 2.75) is 0 Å². The maximum atomic E-state index is 5.47. The summed E-state index contributed by atoms with van der Waals surface area (Å²) in [5.41, 5.74) is 5.47. The Kier molecular flexibility index (Phi) is 1.98. The molecular formula is C7H8N6O. The molecule has 0 saturated heterocycles. The summed E-state index contributed by atoms with van der Waals surface area (Å²) in [5.74, 6) is 0.493. The van der Waals surface area contributed by atoms with Crippen LogP contribution in [0.15, 0.2) is 18.7 Å². The van der Waals surface area contributed by atoms with Crippen LogP contribution in [0.1, 0.15) is 0 Å². The van der Waals surface area contributed by atoms with Gasteiger partial charge in [-0.3, -0.25) is 4.57 Å². The molecule has 14 heavy (non-hydrogen) atoms. The van der Waals surface area contributed by atoms with Crippen LogP contribution in [0.25, 0.3) is 5.95 Å². The molecule has 0 fully saturated rings. The van der Waals surface area contributed by atoms with Crippen LogP contribution in [-0.2, 0) is 0 Å². The molecule has 0 unspecified atom stereocenters. The minimum atomic E-state index is 0.112. The summed E-state index contributed by atoms with van der Waals surface area (Å²) in [6.45, 7) is 0. The molecule has 0 spiro atoms. The van der Waals surface area contributed by atoms with Crippen LogP contribution in [0, 0.1) is 0 Å². The predicted molar refractivity (Wildman–Crippen MR) is 47.9 cm³/mol. The van der Waals surface area contributed by atoms with E-state index in [9.17, 15) is 0 Å². The highest BCUT2D eigenvalue weighted by Gasteiger charge is 2.05. The first-order valence-electron chi connectivity index (χ1n) is 3.83. The third-order valence-electron chi connectivity index (χ3n) is 1.54. The number of imidazole rings is 1. The van der Waals surface area contributed by atoms with Crippen LogP contribution in [0.3, 0.4) is 0 Å². The zero-order valence-corrected chi connectivity index (χ0v) is 7.45. The van der Waals surface area contributed by atoms with Gasteiger partial charge in [-0.1, -0.05) is 0 Å². The Morgan fingerprint density at radius 3 is 2.86 bits per heavy atom. The lowest BCUT2D eigenvalue weighted by Gasteiger charge is -2.02. The Bertz CT molecular complexity index is 426. The van der Waals surface area contributed by atoms with Crippen molar-refractivity contribution in [3.63, 3.8) is 0 Å². The lowest BCUT2D eigenvalue weighted by atomic mass is 10.8. The molecule has 2 aromatic rings. The summed E-state index contributed by atoms with van der Waals surface area (Å²) in [6.07, 6.45) is 4.88. The van der Waals surface area contributed by atoms with E-state index in [1.807, 2.05) is 0 Å². The summed E-state index contributed by atoms with van der Waals surface area (Å²) in [7, 11) is 1.46. The average molecular weight is 192 g/mol. The van der Waals surface area contributed by atoms with Gasteiger partial charge in [-0.15, -0.1) is 0 Å². The third-order valence-corrected chi connectivity index (χ3v) is 1.54. The molecule has 0 aliphatic rings. The number of anilines is 1. The van der Waals surface area contributed by atoms with Crippen molar-refractivity contribution >= 4 is 5.95 Å². The van der Waals surface area contributed by atoms with Gasteiger partial charge in [0, 0.05) is 12.4 Å². The number of aromatic nitrogens is 5. The Morgan fingerprint density at radius 2 is 2.21 bits per heavy atom. The van der Waals surface area contributed by atoms with Crippen molar-refractivity contribution in [3.05, 3.63) is 18.7 Å². The van der Waals surface area contributed by atoms with Crippen molar-refractivity contribution in [2.75, 3.05) is 12.8 Å². The van der Waals surface area contributed by atoms with Crippen LogP contribution >= 0.6 is 0 Å². The minimum Gasteiger partial charge on any atom is -0.467 e. The fraction of sp³-hybridized carbons (Fsp3) is 0.143. The van der Waals surface area contributed by atoms with Gasteiger partial charge in [0.2, 0.25) is 11.9 Å². The Morgan fingerprint density at radius 1 is 1.36 bits per heavy atom. The number of hydrogen-bond donors (Lipinski definition) is 1. The van der Waals surface area contributed by atoms with Crippen molar-refractivity contribution in [1.82, 2.24) is 24.5 Å². The van der Waals surface area contributed by atoms with Gasteiger partial charge in [0.25, 0.3) is 0 Å². The zero-order chi connectivity index (χ0) is 9.97. The highest BCUT2D eigenvalue weighted by molar-refractivity contribution is 5.24. The normalized spacial score (nSPS) is 10.1. The predicted octanol–water partition coefficient (Wildman–Crippen LogP) is -0.352. The number of hydrogen-bond acceptors (Lipinski definition) is 6. The lowest BCUT2D eigenvalue weighted by molar-refractivity contribution is 0.378. The minimum absolute atomic E-state index is 0.112. The monoisotopic (exact) mass is 192 g/mol. The standard InChI is InChI=1S/C7H8N6O/c1-14-7-11-5(8)10-6(12-7)13-3-2-9-4-13/h2-4H,1H3,(H2,8,10,11,12). The van der Waals surface area contributed by atoms with E-state index in [0.717, 1.165) is 0 Å². The Balaban J connectivity index is 2.48. The maximum absolute atomic E-state index is 5.47. The summed E-state index contributed by atoms with van der Waals surface area (Å²) in [4.78, 5) is 15.5. The van der Waals surface area contributed by atoms with Crippen LogP contribution in [-0.4, -0.2) is 31.6 Å². The molecule has 2 heterocycles. The molecule has 0 atom stereocenters. The molecular weight excluding hydrogens is 184 g/mol. The van der Waals surface area contributed by atoms with Gasteiger partial charge in [-0.2, -0.15) is 15.0 Å². The lowest BCUT2D eigenvalue weighted by Crippen LogP contribution is -2.06. The van der Waals surface area contributed by atoms with Gasteiger partial charge >= 0.3 is 6.01 Å². The molecule has 72 valence electrons. The molecule has 0 amide bonds. The van der Waals surface area contributed by atoms with E-state index < -0.39 is 0 Å². The summed E-state index contributed by atoms with van der Waals surface area (Å²) in [5, 5.41) is 0. The quantitative estimate of drug-likeness (QED) is 0.699. The van der Waals surface area contributed by atoms with Gasteiger partial charge in [-0.05, 0) is 0 Å². The second-order valence-corrected chi connectivity index (χ2v) is 2.45. The van der Waals surface area contributed by atoms with Crippen LogP contribution < -0.4 is 10.5 Å². The third kappa shape index (κ3) is 1.47. The van der Waals surface area contributed by atoms with E-state index in [-0.39, 0.29) is 12.0 Å². The summed E-state index contributed by atoms with van der Waals surface area (Å²) >= 11 is 0. The molecule has 0 aromatic carbocycles. The fourth-order valence-electron chi connectivity index (χ4n) is 0.945. The second-order valence-electron chi connectivity index (χ2n) is 2.45. The number of methoxy groups -OCH3 is 1. The van der Waals surface area contributed by atoms with Crippen molar-refractivity contribution in [2.24, 2.45) is 0 Å². The Hall–Kier alpha value is -2.18. The maximum Gasteiger partial charge on any atom is 0.322 e. The van der Waals surface area contributed by atoms with Crippen molar-refractivity contribution < 1.29 is 4.74 Å². The molecule has 0 aliphatic carbocycles. The number of nitrogen functional groups attached to an aromatic ring is 1. The molecule has 0 radical (unpaired) electrons. The van der Waals surface area contributed by atoms with Crippen molar-refractivity contribution in [3.8, 4) is 12.0 Å². The summed E-state index contributed by atoms with van der Waals surface area (Å²) < 4.78 is 6.47. The first-order chi connectivity index (χ1) is 6.79. The van der Waals surface area contributed by atoms with Crippen LogP contribution in [0.5, 0.6) is 6.01 Å². The molecule has 0 aliphatic heterocycles. The van der Waals surface area contributed by atoms with E-state index in [2.05, 4.69) is 19.9 Å². The molecule has 2 aromatic heterocycles.